The van der Waals surface area contributed by atoms with Crippen LogP contribution in [0.2, 0.25) is 0 Å². The quantitative estimate of drug-likeness (QED) is 0.332. The van der Waals surface area contributed by atoms with Gasteiger partial charge in [0.1, 0.15) is 18.0 Å². The smallest absolute Gasteiger partial charge is 0.244 e. The Kier molecular flexibility index (Phi) is 10.9. The molecular formula is C19H31IN4O3. The molecule has 1 fully saturated rings. The van der Waals surface area contributed by atoms with E-state index < -0.39 is 0 Å². The van der Waals surface area contributed by atoms with Crippen LogP contribution in [0.4, 0.5) is 0 Å². The fourth-order valence-electron chi connectivity index (χ4n) is 2.95. The molecule has 8 heteroatoms. The van der Waals surface area contributed by atoms with Crippen LogP contribution in [0, 0.1) is 0 Å². The van der Waals surface area contributed by atoms with Gasteiger partial charge in [0.25, 0.3) is 0 Å². The minimum atomic E-state index is 0. The van der Waals surface area contributed by atoms with Gasteiger partial charge in [0.2, 0.25) is 5.91 Å². The Bertz CT molecular complexity index is 619. The number of nitrogens with zero attached hydrogens (tertiary/aromatic N) is 2. The maximum absolute atomic E-state index is 12.1. The lowest BCUT2D eigenvalue weighted by atomic mass is 10.1. The van der Waals surface area contributed by atoms with Gasteiger partial charge in [0.15, 0.2) is 5.96 Å². The number of nitrogens with one attached hydrogen (secondary N) is 2. The molecule has 1 heterocycles. The lowest BCUT2D eigenvalue weighted by Crippen LogP contribution is -2.39. The van der Waals surface area contributed by atoms with E-state index in [1.165, 1.54) is 0 Å². The van der Waals surface area contributed by atoms with Gasteiger partial charge in [-0.1, -0.05) is 0 Å². The number of aliphatic imine (C=N–C) groups is 1. The predicted octanol–water partition coefficient (Wildman–Crippen LogP) is 2.04. The third-order valence-electron chi connectivity index (χ3n) is 4.35. The van der Waals surface area contributed by atoms with Crippen molar-refractivity contribution in [2.24, 2.45) is 4.99 Å². The summed E-state index contributed by atoms with van der Waals surface area (Å²) in [5.74, 6) is 2.38. The number of halogens is 1. The first kappa shape index (κ1) is 23.3. The van der Waals surface area contributed by atoms with Crippen LogP contribution in [0.5, 0.6) is 11.5 Å². The average Bonchev–Trinajstić information content (AvgIpc) is 3.20. The van der Waals surface area contributed by atoms with Gasteiger partial charge in [-0.3, -0.25) is 4.79 Å². The highest BCUT2D eigenvalue weighted by atomic mass is 127. The van der Waals surface area contributed by atoms with Gasteiger partial charge >= 0.3 is 0 Å². The van der Waals surface area contributed by atoms with Gasteiger partial charge in [-0.25, -0.2) is 4.99 Å². The Morgan fingerprint density at radius 2 is 1.93 bits per heavy atom. The summed E-state index contributed by atoms with van der Waals surface area (Å²) in [6, 6.07) is 5.76. The molecule has 0 saturated carbocycles. The molecule has 1 aliphatic rings. The molecule has 0 aromatic heterocycles. The lowest BCUT2D eigenvalue weighted by Gasteiger charge is -2.15. The van der Waals surface area contributed by atoms with Crippen LogP contribution >= 0.6 is 24.0 Å². The van der Waals surface area contributed by atoms with E-state index in [9.17, 15) is 4.79 Å². The van der Waals surface area contributed by atoms with Crippen molar-refractivity contribution in [2.75, 3.05) is 46.9 Å². The topological polar surface area (TPSA) is 75.2 Å². The summed E-state index contributed by atoms with van der Waals surface area (Å²) in [6.07, 6.45) is 2.94. The van der Waals surface area contributed by atoms with Gasteiger partial charge in [-0.05, 0) is 49.9 Å². The van der Waals surface area contributed by atoms with Crippen LogP contribution < -0.4 is 20.1 Å². The fourth-order valence-corrected chi connectivity index (χ4v) is 2.95. The molecule has 0 radical (unpaired) electrons. The van der Waals surface area contributed by atoms with Gasteiger partial charge in [-0.2, -0.15) is 0 Å². The number of hydrogen-bond donors (Lipinski definition) is 2. The van der Waals surface area contributed by atoms with Crippen LogP contribution in [0.25, 0.3) is 0 Å². The molecular weight excluding hydrogens is 459 g/mol. The molecule has 0 bridgehead atoms. The third kappa shape index (κ3) is 7.43. The Hall–Kier alpha value is -1.71. The predicted molar refractivity (Wildman–Crippen MR) is 118 cm³/mol. The highest BCUT2D eigenvalue weighted by Crippen LogP contribution is 2.24. The monoisotopic (exact) mass is 490 g/mol. The second kappa shape index (κ2) is 12.6. The number of methoxy groups -OCH3 is 2. The molecule has 0 aliphatic carbocycles. The van der Waals surface area contributed by atoms with E-state index in [1.54, 1.807) is 14.2 Å². The van der Waals surface area contributed by atoms with Gasteiger partial charge < -0.3 is 25.0 Å². The highest BCUT2D eigenvalue weighted by Gasteiger charge is 2.17. The number of likely N-dealkylation sites (tertiary alicyclic amines) is 1. The zero-order chi connectivity index (χ0) is 18.8. The van der Waals surface area contributed by atoms with Gasteiger partial charge in [0, 0.05) is 26.2 Å². The van der Waals surface area contributed by atoms with Crippen molar-refractivity contribution in [3.05, 3.63) is 23.8 Å². The standard InChI is InChI=1S/C19H30N4O3.HI/c1-4-20-19(22-14-18(24)23-11-5-6-12-23)21-10-9-15-13-16(25-2)7-8-17(15)26-3;/h7-8,13H,4-6,9-12,14H2,1-3H3,(H2,20,21,22);1H. The van der Waals surface area contributed by atoms with Crippen LogP contribution in [0.3, 0.4) is 0 Å². The molecule has 1 aromatic rings. The van der Waals surface area contributed by atoms with Gasteiger partial charge in [0.05, 0.1) is 14.2 Å². The molecule has 152 valence electrons. The summed E-state index contributed by atoms with van der Waals surface area (Å²) in [7, 11) is 3.31. The van der Waals surface area contributed by atoms with Crippen molar-refractivity contribution in [1.82, 2.24) is 15.5 Å². The average molecular weight is 490 g/mol. The second-order valence-electron chi connectivity index (χ2n) is 6.14. The molecule has 2 N–H and O–H groups in total. The van der Waals surface area contributed by atoms with Crippen molar-refractivity contribution in [3.8, 4) is 11.5 Å². The summed E-state index contributed by atoms with van der Waals surface area (Å²) in [5.41, 5.74) is 1.06. The van der Waals surface area contributed by atoms with Crippen molar-refractivity contribution in [2.45, 2.75) is 26.2 Å². The maximum atomic E-state index is 12.1. The maximum Gasteiger partial charge on any atom is 0.244 e. The van der Waals surface area contributed by atoms with E-state index in [-0.39, 0.29) is 36.4 Å². The van der Waals surface area contributed by atoms with Crippen LogP contribution in [0.15, 0.2) is 23.2 Å². The molecule has 1 aromatic carbocycles. The van der Waals surface area contributed by atoms with E-state index >= 15 is 0 Å². The number of ether oxygens (including phenoxy) is 2. The third-order valence-corrected chi connectivity index (χ3v) is 4.35. The van der Waals surface area contributed by atoms with Crippen LogP contribution in [-0.2, 0) is 11.2 Å². The van der Waals surface area contributed by atoms with E-state index in [1.807, 2.05) is 30.0 Å². The summed E-state index contributed by atoms with van der Waals surface area (Å²) < 4.78 is 10.7. The first-order valence-electron chi connectivity index (χ1n) is 9.18. The summed E-state index contributed by atoms with van der Waals surface area (Å²) in [5, 5.41) is 6.45. The van der Waals surface area contributed by atoms with E-state index in [0.717, 1.165) is 56.0 Å². The minimum absolute atomic E-state index is 0. The minimum Gasteiger partial charge on any atom is -0.497 e. The molecule has 1 amide bonds. The molecule has 7 nitrogen and oxygen atoms in total. The number of guanidine groups is 1. The molecule has 1 saturated heterocycles. The number of hydrogen-bond acceptors (Lipinski definition) is 4. The molecule has 0 spiro atoms. The van der Waals surface area contributed by atoms with E-state index in [2.05, 4.69) is 15.6 Å². The Morgan fingerprint density at radius 1 is 1.19 bits per heavy atom. The SMILES string of the molecule is CCNC(=NCC(=O)N1CCCC1)NCCc1cc(OC)ccc1OC.I. The Labute approximate surface area is 178 Å². The van der Waals surface area contributed by atoms with Crippen LogP contribution in [0.1, 0.15) is 25.3 Å². The summed E-state index contributed by atoms with van der Waals surface area (Å²) in [4.78, 5) is 18.4. The van der Waals surface area contributed by atoms with Gasteiger partial charge in [-0.15, -0.1) is 24.0 Å². The molecule has 2 rings (SSSR count). The van der Waals surface area contributed by atoms with E-state index in [4.69, 9.17) is 9.47 Å². The highest BCUT2D eigenvalue weighted by molar-refractivity contribution is 14.0. The largest absolute Gasteiger partial charge is 0.497 e. The van der Waals surface area contributed by atoms with Crippen molar-refractivity contribution in [1.29, 1.82) is 0 Å². The number of carbonyl (C=O) groups is 1. The van der Waals surface area contributed by atoms with Crippen molar-refractivity contribution >= 4 is 35.8 Å². The lowest BCUT2D eigenvalue weighted by molar-refractivity contribution is -0.128. The molecule has 0 atom stereocenters. The Morgan fingerprint density at radius 3 is 2.56 bits per heavy atom. The fraction of sp³-hybridized carbons (Fsp3) is 0.579. The number of carbonyl (C=O) groups excluding carboxylic acids is 1. The Balaban J connectivity index is 0.00000364. The number of rotatable bonds is 8. The number of benzene rings is 1. The first-order chi connectivity index (χ1) is 12.7. The summed E-state index contributed by atoms with van der Waals surface area (Å²) >= 11 is 0. The zero-order valence-corrected chi connectivity index (χ0v) is 18.7. The van der Waals surface area contributed by atoms with Crippen molar-refractivity contribution < 1.29 is 14.3 Å². The normalized spacial score (nSPS) is 13.7. The van der Waals surface area contributed by atoms with Crippen LogP contribution in [-0.4, -0.2) is 63.7 Å². The number of amides is 1. The van der Waals surface area contributed by atoms with Crippen molar-refractivity contribution in [3.63, 3.8) is 0 Å². The second-order valence-corrected chi connectivity index (χ2v) is 6.14. The zero-order valence-electron chi connectivity index (χ0n) is 16.4. The van der Waals surface area contributed by atoms with E-state index in [0.29, 0.717) is 12.5 Å². The molecule has 1 aliphatic heterocycles. The molecule has 27 heavy (non-hydrogen) atoms. The summed E-state index contributed by atoms with van der Waals surface area (Å²) in [6.45, 7) is 5.31. The molecule has 0 unspecified atom stereocenters. The first-order valence-corrected chi connectivity index (χ1v) is 9.18.